The zero-order valence-electron chi connectivity index (χ0n) is 18.0. The number of rotatable bonds is 7. The highest BCUT2D eigenvalue weighted by Crippen LogP contribution is 2.65. The van der Waals surface area contributed by atoms with Crippen molar-refractivity contribution in [3.05, 3.63) is 0 Å². The van der Waals surface area contributed by atoms with Gasteiger partial charge in [0.1, 0.15) is 12.7 Å². The van der Waals surface area contributed by atoms with E-state index in [0.717, 1.165) is 6.42 Å². The lowest BCUT2D eigenvalue weighted by atomic mass is 9.44. The molecule has 0 aromatic heterocycles. The molecule has 5 rings (SSSR count). The van der Waals surface area contributed by atoms with Gasteiger partial charge in [-0.05, 0) is 64.2 Å². The molecule has 3 atom stereocenters. The van der Waals surface area contributed by atoms with Crippen molar-refractivity contribution in [2.75, 3.05) is 19.8 Å². The highest BCUT2D eigenvalue weighted by atomic mass is 32.2. The maximum atomic E-state index is 13.6. The van der Waals surface area contributed by atoms with E-state index in [1.54, 1.807) is 13.8 Å². The summed E-state index contributed by atoms with van der Waals surface area (Å²) in [5.74, 6) is -3.10. The summed E-state index contributed by atoms with van der Waals surface area (Å²) in [6.07, 6.45) is 3.26. The molecule has 5 aliphatic rings. The van der Waals surface area contributed by atoms with E-state index in [9.17, 15) is 26.8 Å². The zero-order valence-corrected chi connectivity index (χ0v) is 18.8. The van der Waals surface area contributed by atoms with Crippen LogP contribution in [0.15, 0.2) is 0 Å². The average molecular weight is 482 g/mol. The molecule has 1 saturated heterocycles. The number of alkyl halides is 2. The summed E-state index contributed by atoms with van der Waals surface area (Å²) in [5, 5.41) is -5.04. The van der Waals surface area contributed by atoms with Gasteiger partial charge in [0.05, 0.1) is 18.6 Å². The summed E-state index contributed by atoms with van der Waals surface area (Å²) < 4.78 is 78.8. The molecular weight excluding hydrogens is 454 g/mol. The SMILES string of the molecule is CC1(C)OCC(COC(=O)C23CC4CC(CC(COC(=O)C(F)(F)S(=O)(=O)O)(C4)C2)C3)O1. The van der Waals surface area contributed by atoms with Gasteiger partial charge in [-0.25, -0.2) is 4.79 Å². The van der Waals surface area contributed by atoms with E-state index in [4.69, 9.17) is 23.5 Å². The smallest absolute Gasteiger partial charge is 0.462 e. The minimum absolute atomic E-state index is 0.0436. The number of carbonyl (C=O) groups is 2. The Kier molecular flexibility index (Phi) is 5.63. The van der Waals surface area contributed by atoms with Gasteiger partial charge in [-0.15, -0.1) is 0 Å². The maximum absolute atomic E-state index is 13.6. The number of halogens is 2. The molecule has 32 heavy (non-hydrogen) atoms. The minimum atomic E-state index is -5.93. The summed E-state index contributed by atoms with van der Waals surface area (Å²) in [7, 11) is -5.93. The first kappa shape index (κ1) is 23.8. The van der Waals surface area contributed by atoms with Gasteiger partial charge in [-0.3, -0.25) is 9.35 Å². The third-order valence-electron chi connectivity index (χ3n) is 7.15. The molecule has 3 unspecified atom stereocenters. The Labute approximate surface area is 184 Å². The normalized spacial score (nSPS) is 38.0. The van der Waals surface area contributed by atoms with Crippen LogP contribution in [0.3, 0.4) is 0 Å². The molecule has 0 radical (unpaired) electrons. The molecule has 182 valence electrons. The van der Waals surface area contributed by atoms with E-state index in [2.05, 4.69) is 0 Å². The molecule has 4 saturated carbocycles. The van der Waals surface area contributed by atoms with Crippen molar-refractivity contribution in [3.63, 3.8) is 0 Å². The van der Waals surface area contributed by atoms with Gasteiger partial charge >= 0.3 is 27.3 Å². The third kappa shape index (κ3) is 4.26. The van der Waals surface area contributed by atoms with Crippen LogP contribution in [0.2, 0.25) is 0 Å². The Balaban J connectivity index is 1.42. The standard InChI is InChI=1S/C20H28F2O9S/c1-17(2)30-9-14(31-17)8-28-15(23)19-6-12-3-13(7-19)5-18(4-12,10-19)11-29-16(24)20(21,22)32(25,26)27/h12-14H,3-11H2,1-2H3,(H,25,26,27). The molecule has 0 spiro atoms. The van der Waals surface area contributed by atoms with Crippen LogP contribution in [0.1, 0.15) is 52.4 Å². The Morgan fingerprint density at radius 3 is 2.28 bits per heavy atom. The molecule has 1 N–H and O–H groups in total. The summed E-state index contributed by atoms with van der Waals surface area (Å²) in [5.41, 5.74) is -1.50. The molecule has 4 bridgehead atoms. The van der Waals surface area contributed by atoms with Gasteiger partial charge in [0.25, 0.3) is 0 Å². The predicted octanol–water partition coefficient (Wildman–Crippen LogP) is 2.29. The van der Waals surface area contributed by atoms with Gasteiger partial charge in [0.15, 0.2) is 5.79 Å². The van der Waals surface area contributed by atoms with Gasteiger partial charge < -0.3 is 18.9 Å². The van der Waals surface area contributed by atoms with Crippen LogP contribution < -0.4 is 0 Å². The number of hydrogen-bond acceptors (Lipinski definition) is 8. The fraction of sp³-hybridized carbons (Fsp3) is 0.900. The second-order valence-electron chi connectivity index (χ2n) is 10.4. The fourth-order valence-electron chi connectivity index (χ4n) is 6.43. The van der Waals surface area contributed by atoms with E-state index >= 15 is 0 Å². The second kappa shape index (κ2) is 7.57. The lowest BCUT2D eigenvalue weighted by Gasteiger charge is -2.60. The van der Waals surface area contributed by atoms with Gasteiger partial charge in [0, 0.05) is 5.41 Å². The van der Waals surface area contributed by atoms with Crippen molar-refractivity contribution in [1.82, 2.24) is 0 Å². The van der Waals surface area contributed by atoms with E-state index in [-0.39, 0.29) is 30.5 Å². The lowest BCUT2D eigenvalue weighted by Crippen LogP contribution is -2.57. The van der Waals surface area contributed by atoms with Gasteiger partial charge in [-0.1, -0.05) is 0 Å². The van der Waals surface area contributed by atoms with Crippen LogP contribution in [-0.2, 0) is 38.7 Å². The third-order valence-corrected chi connectivity index (χ3v) is 7.97. The average Bonchev–Trinajstić information content (AvgIpc) is 3.01. The molecule has 0 aromatic carbocycles. The first-order chi connectivity index (χ1) is 14.7. The molecule has 0 amide bonds. The summed E-state index contributed by atoms with van der Waals surface area (Å²) in [6.45, 7) is 3.45. The van der Waals surface area contributed by atoms with Crippen LogP contribution in [0.4, 0.5) is 8.78 Å². The Morgan fingerprint density at radius 1 is 1.12 bits per heavy atom. The number of ether oxygens (including phenoxy) is 4. The highest BCUT2D eigenvalue weighted by molar-refractivity contribution is 7.87. The van der Waals surface area contributed by atoms with E-state index in [0.29, 0.717) is 38.7 Å². The van der Waals surface area contributed by atoms with Crippen molar-refractivity contribution in [3.8, 4) is 0 Å². The molecule has 4 aliphatic carbocycles. The molecular formula is C20H28F2O9S. The first-order valence-electron chi connectivity index (χ1n) is 10.7. The number of hydrogen-bond donors (Lipinski definition) is 1. The topological polar surface area (TPSA) is 125 Å². The second-order valence-corrected chi connectivity index (χ2v) is 11.8. The maximum Gasteiger partial charge on any atom is 0.465 e. The Bertz CT molecular complexity index is 887. The van der Waals surface area contributed by atoms with Crippen molar-refractivity contribution in [1.29, 1.82) is 0 Å². The van der Waals surface area contributed by atoms with E-state index in [1.807, 2.05) is 0 Å². The molecule has 1 heterocycles. The summed E-state index contributed by atoms with van der Waals surface area (Å²) in [4.78, 5) is 24.8. The largest absolute Gasteiger partial charge is 0.465 e. The number of esters is 2. The quantitative estimate of drug-likeness (QED) is 0.430. The molecule has 5 fully saturated rings. The van der Waals surface area contributed by atoms with Crippen LogP contribution in [-0.4, -0.2) is 61.9 Å². The predicted molar refractivity (Wildman–Crippen MR) is 103 cm³/mol. The molecule has 1 aliphatic heterocycles. The van der Waals surface area contributed by atoms with Crippen molar-refractivity contribution in [2.24, 2.45) is 22.7 Å². The van der Waals surface area contributed by atoms with Crippen molar-refractivity contribution in [2.45, 2.75) is 69.5 Å². The van der Waals surface area contributed by atoms with Gasteiger partial charge in [0.2, 0.25) is 0 Å². The monoisotopic (exact) mass is 482 g/mol. The van der Waals surface area contributed by atoms with Crippen LogP contribution in [0.25, 0.3) is 0 Å². The Morgan fingerprint density at radius 2 is 1.75 bits per heavy atom. The first-order valence-corrected chi connectivity index (χ1v) is 12.1. The highest BCUT2D eigenvalue weighted by Gasteiger charge is 2.62. The summed E-state index contributed by atoms with van der Waals surface area (Å²) >= 11 is 0. The molecule has 9 nitrogen and oxygen atoms in total. The van der Waals surface area contributed by atoms with Crippen molar-refractivity contribution >= 4 is 22.1 Å². The number of carbonyl (C=O) groups excluding carboxylic acids is 2. The molecule has 0 aromatic rings. The van der Waals surface area contributed by atoms with Crippen LogP contribution in [0, 0.1) is 22.7 Å². The van der Waals surface area contributed by atoms with Crippen molar-refractivity contribution < 1.29 is 50.3 Å². The van der Waals surface area contributed by atoms with Crippen LogP contribution >= 0.6 is 0 Å². The molecule has 12 heteroatoms. The fourth-order valence-corrected chi connectivity index (χ4v) is 6.70. The minimum Gasteiger partial charge on any atom is -0.462 e. The Hall–Kier alpha value is -1.37. The van der Waals surface area contributed by atoms with Crippen LogP contribution in [0.5, 0.6) is 0 Å². The van der Waals surface area contributed by atoms with E-state index in [1.165, 1.54) is 0 Å². The lowest BCUT2D eigenvalue weighted by molar-refractivity contribution is -0.196. The van der Waals surface area contributed by atoms with E-state index < -0.39 is 44.6 Å². The zero-order chi connectivity index (χ0) is 23.6. The summed E-state index contributed by atoms with van der Waals surface area (Å²) in [6, 6.07) is 0. The van der Waals surface area contributed by atoms with Gasteiger partial charge in [-0.2, -0.15) is 17.2 Å².